The predicted molar refractivity (Wildman–Crippen MR) is 81.3 cm³/mol. The molecule has 2 aromatic carbocycles. The van der Waals surface area contributed by atoms with Crippen LogP contribution in [0.1, 0.15) is 24.1 Å². The number of ether oxygens (including phenoxy) is 1. The number of nitro benzene ring substituents is 1. The summed E-state index contributed by atoms with van der Waals surface area (Å²) in [4.78, 5) is 10.6. The van der Waals surface area contributed by atoms with Gasteiger partial charge in [-0.15, -0.1) is 0 Å². The third kappa shape index (κ3) is 3.79. The van der Waals surface area contributed by atoms with Crippen molar-refractivity contribution in [3.63, 3.8) is 0 Å². The standard InChI is InChI=1S/C16H18N2O3/c1-12(14-6-4-3-5-7-14)17-11-13-8-9-16(21-2)15(10-13)18(19)20/h3-10,12,17H,11H2,1-2H3/t12-/m0/s1. The molecule has 1 atom stereocenters. The van der Waals surface area contributed by atoms with E-state index >= 15 is 0 Å². The van der Waals surface area contributed by atoms with E-state index in [2.05, 4.69) is 12.2 Å². The number of hydrogen-bond acceptors (Lipinski definition) is 4. The highest BCUT2D eigenvalue weighted by Crippen LogP contribution is 2.27. The van der Waals surface area contributed by atoms with Gasteiger partial charge >= 0.3 is 5.69 Å². The van der Waals surface area contributed by atoms with Crippen LogP contribution in [0.25, 0.3) is 0 Å². The zero-order valence-electron chi connectivity index (χ0n) is 12.1. The molecule has 2 rings (SSSR count). The van der Waals surface area contributed by atoms with E-state index in [-0.39, 0.29) is 17.5 Å². The molecule has 0 spiro atoms. The minimum Gasteiger partial charge on any atom is -0.490 e. The van der Waals surface area contributed by atoms with E-state index in [1.165, 1.54) is 12.7 Å². The molecule has 0 heterocycles. The predicted octanol–water partition coefficient (Wildman–Crippen LogP) is 3.45. The molecule has 0 saturated carbocycles. The summed E-state index contributed by atoms with van der Waals surface area (Å²) in [5, 5.41) is 14.4. The SMILES string of the molecule is COc1ccc(CN[C@@H](C)c2ccccc2)cc1[N+](=O)[O-]. The molecule has 2 aromatic rings. The molecule has 0 amide bonds. The van der Waals surface area contributed by atoms with Crippen LogP contribution in [0.4, 0.5) is 5.69 Å². The van der Waals surface area contributed by atoms with Crippen LogP contribution in [0.2, 0.25) is 0 Å². The minimum atomic E-state index is -0.428. The maximum Gasteiger partial charge on any atom is 0.311 e. The summed E-state index contributed by atoms with van der Waals surface area (Å²) in [7, 11) is 1.43. The second kappa shape index (κ2) is 6.85. The van der Waals surface area contributed by atoms with Gasteiger partial charge in [-0.05, 0) is 24.1 Å². The lowest BCUT2D eigenvalue weighted by molar-refractivity contribution is -0.385. The molecule has 0 radical (unpaired) electrons. The number of nitrogens with zero attached hydrogens (tertiary/aromatic N) is 1. The first kappa shape index (κ1) is 15.0. The summed E-state index contributed by atoms with van der Waals surface area (Å²) >= 11 is 0. The Morgan fingerprint density at radius 3 is 2.57 bits per heavy atom. The Morgan fingerprint density at radius 1 is 1.24 bits per heavy atom. The third-order valence-corrected chi connectivity index (χ3v) is 3.35. The zero-order valence-corrected chi connectivity index (χ0v) is 12.1. The molecule has 1 N–H and O–H groups in total. The van der Waals surface area contributed by atoms with Crippen molar-refractivity contribution in [1.29, 1.82) is 0 Å². The molecular weight excluding hydrogens is 268 g/mol. The number of hydrogen-bond donors (Lipinski definition) is 1. The molecule has 0 fully saturated rings. The molecule has 0 unspecified atom stereocenters. The Morgan fingerprint density at radius 2 is 1.95 bits per heavy atom. The Kier molecular flexibility index (Phi) is 4.90. The molecule has 0 aliphatic heterocycles. The number of rotatable bonds is 6. The Labute approximate surface area is 123 Å². The van der Waals surface area contributed by atoms with Crippen molar-refractivity contribution in [3.8, 4) is 5.75 Å². The molecule has 110 valence electrons. The number of methoxy groups -OCH3 is 1. The van der Waals surface area contributed by atoms with E-state index < -0.39 is 4.92 Å². The summed E-state index contributed by atoms with van der Waals surface area (Å²) in [6.45, 7) is 2.62. The number of benzene rings is 2. The van der Waals surface area contributed by atoms with Crippen LogP contribution in [0.5, 0.6) is 5.75 Å². The first-order valence-corrected chi connectivity index (χ1v) is 6.71. The van der Waals surface area contributed by atoms with E-state index in [1.54, 1.807) is 12.1 Å². The van der Waals surface area contributed by atoms with Crippen molar-refractivity contribution in [2.45, 2.75) is 19.5 Å². The van der Waals surface area contributed by atoms with Gasteiger partial charge in [0, 0.05) is 18.7 Å². The normalized spacial score (nSPS) is 11.9. The largest absolute Gasteiger partial charge is 0.490 e. The van der Waals surface area contributed by atoms with Crippen LogP contribution in [-0.2, 0) is 6.54 Å². The Bertz CT molecular complexity index is 614. The quantitative estimate of drug-likeness (QED) is 0.652. The van der Waals surface area contributed by atoms with Gasteiger partial charge < -0.3 is 10.1 Å². The van der Waals surface area contributed by atoms with E-state index in [0.717, 1.165) is 5.56 Å². The fourth-order valence-corrected chi connectivity index (χ4v) is 2.12. The van der Waals surface area contributed by atoms with Gasteiger partial charge in [0.05, 0.1) is 12.0 Å². The van der Waals surface area contributed by atoms with Crippen molar-refractivity contribution in [3.05, 3.63) is 69.8 Å². The van der Waals surface area contributed by atoms with Crippen molar-refractivity contribution in [1.82, 2.24) is 5.32 Å². The molecule has 5 heteroatoms. The average Bonchev–Trinajstić information content (AvgIpc) is 2.53. The fraction of sp³-hybridized carbons (Fsp3) is 0.250. The van der Waals surface area contributed by atoms with E-state index in [9.17, 15) is 10.1 Å². The molecule has 0 aliphatic rings. The van der Waals surface area contributed by atoms with Crippen LogP contribution >= 0.6 is 0 Å². The second-order valence-electron chi connectivity index (χ2n) is 4.78. The summed E-state index contributed by atoms with van der Waals surface area (Å²) in [5.74, 6) is 0.278. The lowest BCUT2D eigenvalue weighted by atomic mass is 10.1. The maximum absolute atomic E-state index is 11.0. The van der Waals surface area contributed by atoms with Crippen molar-refractivity contribution < 1.29 is 9.66 Å². The van der Waals surface area contributed by atoms with Crippen molar-refractivity contribution in [2.24, 2.45) is 0 Å². The number of nitro groups is 1. The summed E-state index contributed by atoms with van der Waals surface area (Å²) < 4.78 is 4.99. The van der Waals surface area contributed by atoms with Crippen molar-refractivity contribution in [2.75, 3.05) is 7.11 Å². The van der Waals surface area contributed by atoms with Gasteiger partial charge in [-0.3, -0.25) is 10.1 Å². The van der Waals surface area contributed by atoms with E-state index in [0.29, 0.717) is 6.54 Å². The minimum absolute atomic E-state index is 0.0100. The molecule has 21 heavy (non-hydrogen) atoms. The van der Waals surface area contributed by atoms with Gasteiger partial charge in [-0.25, -0.2) is 0 Å². The molecule has 0 aliphatic carbocycles. The fourth-order valence-electron chi connectivity index (χ4n) is 2.12. The number of nitrogens with one attached hydrogen (secondary N) is 1. The lowest BCUT2D eigenvalue weighted by Gasteiger charge is -2.14. The second-order valence-corrected chi connectivity index (χ2v) is 4.78. The van der Waals surface area contributed by atoms with Gasteiger partial charge in [-0.1, -0.05) is 36.4 Å². The summed E-state index contributed by atoms with van der Waals surface area (Å²) in [6, 6.07) is 15.2. The molecular formula is C16H18N2O3. The van der Waals surface area contributed by atoms with Gasteiger partial charge in [0.15, 0.2) is 5.75 Å². The van der Waals surface area contributed by atoms with Crippen LogP contribution in [0, 0.1) is 10.1 Å². The average molecular weight is 286 g/mol. The van der Waals surface area contributed by atoms with E-state index in [4.69, 9.17) is 4.74 Å². The Balaban J connectivity index is 2.07. The monoisotopic (exact) mass is 286 g/mol. The van der Waals surface area contributed by atoms with Crippen molar-refractivity contribution >= 4 is 5.69 Å². The van der Waals surface area contributed by atoms with E-state index in [1.807, 2.05) is 36.4 Å². The van der Waals surface area contributed by atoms with Crippen LogP contribution in [-0.4, -0.2) is 12.0 Å². The molecule has 0 bridgehead atoms. The third-order valence-electron chi connectivity index (χ3n) is 3.35. The zero-order chi connectivity index (χ0) is 15.2. The van der Waals surface area contributed by atoms with Crippen LogP contribution in [0.3, 0.4) is 0 Å². The lowest BCUT2D eigenvalue weighted by Crippen LogP contribution is -2.18. The summed E-state index contributed by atoms with van der Waals surface area (Å²) in [5.41, 5.74) is 2.02. The van der Waals surface area contributed by atoms with Gasteiger partial charge in [0.25, 0.3) is 0 Å². The summed E-state index contributed by atoms with van der Waals surface area (Å²) in [6.07, 6.45) is 0. The van der Waals surface area contributed by atoms with Crippen LogP contribution < -0.4 is 10.1 Å². The topological polar surface area (TPSA) is 64.4 Å². The highest BCUT2D eigenvalue weighted by atomic mass is 16.6. The van der Waals surface area contributed by atoms with Gasteiger partial charge in [0.2, 0.25) is 0 Å². The van der Waals surface area contributed by atoms with Gasteiger partial charge in [0.1, 0.15) is 0 Å². The first-order chi connectivity index (χ1) is 10.1. The molecule has 0 saturated heterocycles. The Hall–Kier alpha value is -2.40. The molecule has 0 aromatic heterocycles. The van der Waals surface area contributed by atoms with Crippen LogP contribution in [0.15, 0.2) is 48.5 Å². The molecule has 5 nitrogen and oxygen atoms in total. The highest BCUT2D eigenvalue weighted by Gasteiger charge is 2.15. The smallest absolute Gasteiger partial charge is 0.311 e. The highest BCUT2D eigenvalue weighted by molar-refractivity contribution is 5.48. The van der Waals surface area contributed by atoms with Gasteiger partial charge in [-0.2, -0.15) is 0 Å². The maximum atomic E-state index is 11.0. The first-order valence-electron chi connectivity index (χ1n) is 6.71.